The zero-order valence-corrected chi connectivity index (χ0v) is 19.4. The van der Waals surface area contributed by atoms with Gasteiger partial charge in [-0.05, 0) is 59.5 Å². The molecule has 0 spiro atoms. The second-order valence-electron chi connectivity index (χ2n) is 7.94. The van der Waals surface area contributed by atoms with Crippen LogP contribution in [0.4, 0.5) is 5.69 Å². The van der Waals surface area contributed by atoms with E-state index < -0.39 is 0 Å². The van der Waals surface area contributed by atoms with E-state index in [0.29, 0.717) is 47.7 Å². The average Bonchev–Trinajstić information content (AvgIpc) is 2.81. The number of hydrogen-bond acceptors (Lipinski definition) is 4. The topological polar surface area (TPSA) is 59.6 Å². The quantitative estimate of drug-likeness (QED) is 0.400. The van der Waals surface area contributed by atoms with Gasteiger partial charge in [0.25, 0.3) is 5.91 Å². The van der Waals surface area contributed by atoms with E-state index in [2.05, 4.69) is 24.5 Å². The second-order valence-corrected chi connectivity index (χ2v) is 8.38. The Labute approximate surface area is 194 Å². The van der Waals surface area contributed by atoms with Crippen LogP contribution >= 0.6 is 11.6 Å². The maximum Gasteiger partial charge on any atom is 0.251 e. The third-order valence-electron chi connectivity index (χ3n) is 4.83. The molecule has 0 aliphatic carbocycles. The third kappa shape index (κ3) is 6.92. The Morgan fingerprint density at radius 3 is 2.44 bits per heavy atom. The molecule has 0 saturated carbocycles. The zero-order chi connectivity index (χ0) is 22.9. The fourth-order valence-corrected chi connectivity index (χ4v) is 3.18. The molecule has 1 amide bonds. The van der Waals surface area contributed by atoms with E-state index in [1.807, 2.05) is 66.7 Å². The monoisotopic (exact) mass is 452 g/mol. The lowest BCUT2D eigenvalue weighted by molar-refractivity contribution is 0.0949. The number of halogens is 1. The summed E-state index contributed by atoms with van der Waals surface area (Å²) < 4.78 is 11.4. The largest absolute Gasteiger partial charge is 0.493 e. The van der Waals surface area contributed by atoms with E-state index in [9.17, 15) is 4.79 Å². The van der Waals surface area contributed by atoms with E-state index in [1.54, 1.807) is 7.11 Å². The highest BCUT2D eigenvalue weighted by Crippen LogP contribution is 2.29. The lowest BCUT2D eigenvalue weighted by atomic mass is 10.1. The van der Waals surface area contributed by atoms with Gasteiger partial charge in [-0.1, -0.05) is 49.7 Å². The van der Waals surface area contributed by atoms with Crippen molar-refractivity contribution in [3.63, 3.8) is 0 Å². The van der Waals surface area contributed by atoms with Gasteiger partial charge in [0.1, 0.15) is 6.61 Å². The Bertz CT molecular complexity index is 1040. The molecule has 0 saturated heterocycles. The summed E-state index contributed by atoms with van der Waals surface area (Å²) in [4.78, 5) is 12.3. The van der Waals surface area contributed by atoms with Crippen molar-refractivity contribution >= 4 is 23.2 Å². The summed E-state index contributed by atoms with van der Waals surface area (Å²) in [6, 6.07) is 20.9. The Morgan fingerprint density at radius 2 is 1.72 bits per heavy atom. The van der Waals surface area contributed by atoms with Gasteiger partial charge < -0.3 is 20.1 Å². The molecule has 3 aromatic carbocycles. The summed E-state index contributed by atoms with van der Waals surface area (Å²) in [6.07, 6.45) is 0. The highest BCUT2D eigenvalue weighted by atomic mass is 35.5. The molecule has 32 heavy (non-hydrogen) atoms. The molecule has 0 radical (unpaired) electrons. The van der Waals surface area contributed by atoms with Crippen molar-refractivity contribution in [1.82, 2.24) is 5.32 Å². The Hall–Kier alpha value is -3.18. The summed E-state index contributed by atoms with van der Waals surface area (Å²) in [5, 5.41) is 7.01. The first-order valence-electron chi connectivity index (χ1n) is 10.6. The van der Waals surface area contributed by atoms with Crippen molar-refractivity contribution in [2.45, 2.75) is 27.0 Å². The first kappa shape index (κ1) is 23.5. The minimum atomic E-state index is -0.0637. The van der Waals surface area contributed by atoms with Crippen molar-refractivity contribution in [3.05, 3.63) is 88.4 Å². The van der Waals surface area contributed by atoms with Crippen LogP contribution in [-0.4, -0.2) is 19.6 Å². The van der Waals surface area contributed by atoms with Crippen LogP contribution in [0.5, 0.6) is 11.5 Å². The number of hydrogen-bond donors (Lipinski definition) is 2. The molecule has 5 nitrogen and oxygen atoms in total. The van der Waals surface area contributed by atoms with Crippen molar-refractivity contribution in [2.24, 2.45) is 5.92 Å². The van der Waals surface area contributed by atoms with Crippen molar-refractivity contribution in [1.29, 1.82) is 0 Å². The molecule has 2 N–H and O–H groups in total. The molecule has 0 fully saturated rings. The van der Waals surface area contributed by atoms with Crippen LogP contribution in [0.3, 0.4) is 0 Å². The average molecular weight is 453 g/mol. The molecule has 0 atom stereocenters. The number of carbonyl (C=O) groups is 1. The van der Waals surface area contributed by atoms with Gasteiger partial charge in [0.05, 0.1) is 7.11 Å². The highest BCUT2D eigenvalue weighted by Gasteiger charge is 2.09. The molecule has 0 aliphatic heterocycles. The number of nitrogens with one attached hydrogen (secondary N) is 2. The first-order chi connectivity index (χ1) is 15.4. The molecular weight excluding hydrogens is 424 g/mol. The molecule has 3 rings (SSSR count). The van der Waals surface area contributed by atoms with Gasteiger partial charge in [-0.2, -0.15) is 0 Å². The maximum atomic E-state index is 12.3. The third-order valence-corrected chi connectivity index (χ3v) is 5.08. The molecule has 0 bridgehead atoms. The summed E-state index contributed by atoms with van der Waals surface area (Å²) in [7, 11) is 1.63. The molecule has 0 unspecified atom stereocenters. The van der Waals surface area contributed by atoms with Gasteiger partial charge >= 0.3 is 0 Å². The van der Waals surface area contributed by atoms with Crippen LogP contribution in [0, 0.1) is 5.92 Å². The van der Waals surface area contributed by atoms with Gasteiger partial charge in [-0.3, -0.25) is 4.79 Å². The van der Waals surface area contributed by atoms with Crippen LogP contribution in [0.1, 0.15) is 35.3 Å². The van der Waals surface area contributed by atoms with Crippen molar-refractivity contribution < 1.29 is 14.3 Å². The zero-order valence-electron chi connectivity index (χ0n) is 18.7. The first-order valence-corrected chi connectivity index (χ1v) is 11.0. The van der Waals surface area contributed by atoms with Crippen LogP contribution in [0.25, 0.3) is 0 Å². The van der Waals surface area contributed by atoms with E-state index >= 15 is 0 Å². The fourth-order valence-electron chi connectivity index (χ4n) is 3.06. The Morgan fingerprint density at radius 1 is 0.969 bits per heavy atom. The van der Waals surface area contributed by atoms with Crippen LogP contribution in [0.15, 0.2) is 66.7 Å². The van der Waals surface area contributed by atoms with Gasteiger partial charge in [0.15, 0.2) is 11.5 Å². The predicted octanol–water partition coefficient (Wildman–Crippen LogP) is 5.93. The number of ether oxygens (including phenoxy) is 2. The lowest BCUT2D eigenvalue weighted by Gasteiger charge is -2.14. The molecular formula is C26H29ClN2O3. The second kappa shape index (κ2) is 11.4. The molecule has 0 heterocycles. The highest BCUT2D eigenvalue weighted by molar-refractivity contribution is 6.30. The van der Waals surface area contributed by atoms with Crippen LogP contribution in [-0.2, 0) is 13.2 Å². The smallest absolute Gasteiger partial charge is 0.251 e. The summed E-state index contributed by atoms with van der Waals surface area (Å²) in [5.74, 6) is 1.69. The molecule has 6 heteroatoms. The van der Waals surface area contributed by atoms with Gasteiger partial charge in [0, 0.05) is 29.4 Å². The van der Waals surface area contributed by atoms with Gasteiger partial charge in [0.2, 0.25) is 0 Å². The minimum absolute atomic E-state index is 0.0637. The summed E-state index contributed by atoms with van der Waals surface area (Å²) in [6.45, 7) is 5.81. The maximum absolute atomic E-state index is 12.3. The van der Waals surface area contributed by atoms with E-state index in [4.69, 9.17) is 21.1 Å². The van der Waals surface area contributed by atoms with Crippen molar-refractivity contribution in [2.75, 3.05) is 19.0 Å². The van der Waals surface area contributed by atoms with E-state index in [-0.39, 0.29) is 5.91 Å². The minimum Gasteiger partial charge on any atom is -0.493 e. The van der Waals surface area contributed by atoms with Crippen molar-refractivity contribution in [3.8, 4) is 11.5 Å². The van der Waals surface area contributed by atoms with Gasteiger partial charge in [-0.15, -0.1) is 0 Å². The van der Waals surface area contributed by atoms with Crippen LogP contribution < -0.4 is 20.1 Å². The van der Waals surface area contributed by atoms with E-state index in [1.165, 1.54) is 0 Å². The fraction of sp³-hybridized carbons (Fsp3) is 0.269. The number of carbonyl (C=O) groups excluding carboxylic acids is 1. The summed E-state index contributed by atoms with van der Waals surface area (Å²) in [5.41, 5.74) is 3.58. The normalized spacial score (nSPS) is 10.7. The number of methoxy groups -OCH3 is 1. The van der Waals surface area contributed by atoms with Gasteiger partial charge in [-0.25, -0.2) is 0 Å². The molecule has 168 valence electrons. The number of anilines is 1. The van der Waals surface area contributed by atoms with E-state index in [0.717, 1.165) is 16.8 Å². The number of amides is 1. The Balaban J connectivity index is 1.60. The SMILES string of the molecule is COc1cc(CNc2cccc(C(=O)NCC(C)C)c2)ccc1OCc1ccc(Cl)cc1. The molecule has 0 aromatic heterocycles. The standard InChI is InChI=1S/C26H29ClN2O3/c1-18(2)15-29-26(30)21-5-4-6-23(14-21)28-16-20-9-12-24(25(13-20)31-3)32-17-19-7-10-22(27)11-8-19/h4-14,18,28H,15-17H2,1-3H3,(H,29,30). The molecule has 0 aliphatic rings. The number of rotatable bonds is 10. The predicted molar refractivity (Wildman–Crippen MR) is 130 cm³/mol. The molecule has 3 aromatic rings. The number of benzene rings is 3. The van der Waals surface area contributed by atoms with Crippen LogP contribution in [0.2, 0.25) is 5.02 Å². The Kier molecular flexibility index (Phi) is 8.40. The lowest BCUT2D eigenvalue weighted by Crippen LogP contribution is -2.27. The summed E-state index contributed by atoms with van der Waals surface area (Å²) >= 11 is 5.93.